The molecule has 0 radical (unpaired) electrons. The number of hydrogen-bond donors (Lipinski definition) is 3. The predicted octanol–water partition coefficient (Wildman–Crippen LogP) is 6.96. The number of fused-ring (bicyclic) bond motifs is 2. The van der Waals surface area contributed by atoms with Crippen LogP contribution in [-0.2, 0) is 4.79 Å². The third kappa shape index (κ3) is 4.52. The summed E-state index contributed by atoms with van der Waals surface area (Å²) in [5.41, 5.74) is 7.76. The molecule has 0 aliphatic rings. The second-order valence-corrected chi connectivity index (χ2v) is 9.73. The van der Waals surface area contributed by atoms with E-state index in [-0.39, 0.29) is 17.6 Å². The van der Waals surface area contributed by atoms with Crippen LogP contribution in [0.25, 0.3) is 55.7 Å². The van der Waals surface area contributed by atoms with E-state index in [1.165, 1.54) is 12.1 Å². The van der Waals surface area contributed by atoms with E-state index in [4.69, 9.17) is 4.98 Å². The molecule has 0 fully saturated rings. The number of rotatable bonds is 6. The molecule has 0 atom stereocenters. The quantitative estimate of drug-likeness (QED) is 0.228. The zero-order valence-corrected chi connectivity index (χ0v) is 20.9. The molecule has 8 heteroatoms. The van der Waals surface area contributed by atoms with Gasteiger partial charge in [-0.05, 0) is 59.5 Å². The molecule has 0 bridgehead atoms. The monoisotopic (exact) mass is 504 g/mol. The molecule has 1 amide bonds. The van der Waals surface area contributed by atoms with Crippen LogP contribution < -0.4 is 5.32 Å². The Balaban J connectivity index is 1.38. The SMILES string of the molecule is CC(C)CC(=O)Nc1cncc(-c2ccc3[nH]nc(-c4cc5c(-c6cccc(F)c6)cccc5[nH]4)c3n2)c1. The first-order chi connectivity index (χ1) is 18.4. The van der Waals surface area contributed by atoms with Gasteiger partial charge in [-0.3, -0.25) is 14.9 Å². The van der Waals surface area contributed by atoms with Crippen molar-refractivity contribution in [1.29, 1.82) is 0 Å². The molecule has 6 rings (SSSR count). The topological polar surface area (TPSA) is 99.4 Å². The van der Waals surface area contributed by atoms with Gasteiger partial charge >= 0.3 is 0 Å². The normalized spacial score (nSPS) is 11.5. The van der Waals surface area contributed by atoms with Crippen LogP contribution in [0.2, 0.25) is 0 Å². The Morgan fingerprint density at radius 1 is 0.974 bits per heavy atom. The number of aromatic amines is 2. The lowest BCUT2D eigenvalue weighted by molar-refractivity contribution is -0.116. The number of nitrogens with zero attached hydrogens (tertiary/aromatic N) is 3. The number of halogens is 1. The Labute approximate surface area is 218 Å². The number of carbonyl (C=O) groups excluding carboxylic acids is 1. The highest BCUT2D eigenvalue weighted by Gasteiger charge is 2.16. The average Bonchev–Trinajstić information content (AvgIpc) is 3.52. The van der Waals surface area contributed by atoms with Crippen molar-refractivity contribution < 1.29 is 9.18 Å². The molecule has 0 aliphatic heterocycles. The molecule has 0 saturated heterocycles. The highest BCUT2D eigenvalue weighted by atomic mass is 19.1. The van der Waals surface area contributed by atoms with Crippen LogP contribution in [0.15, 0.2) is 79.1 Å². The largest absolute Gasteiger partial charge is 0.353 e. The Hall–Kier alpha value is -4.85. The summed E-state index contributed by atoms with van der Waals surface area (Å²) in [4.78, 5) is 24.9. The van der Waals surface area contributed by atoms with Gasteiger partial charge in [-0.25, -0.2) is 9.37 Å². The van der Waals surface area contributed by atoms with Gasteiger partial charge in [0, 0.05) is 29.1 Å². The summed E-state index contributed by atoms with van der Waals surface area (Å²) in [6.45, 7) is 4.01. The van der Waals surface area contributed by atoms with E-state index in [9.17, 15) is 9.18 Å². The molecule has 4 heterocycles. The van der Waals surface area contributed by atoms with Gasteiger partial charge in [0.25, 0.3) is 0 Å². The highest BCUT2D eigenvalue weighted by molar-refractivity contribution is 6.00. The maximum absolute atomic E-state index is 13.9. The van der Waals surface area contributed by atoms with Gasteiger partial charge in [-0.15, -0.1) is 0 Å². The minimum absolute atomic E-state index is 0.0455. The van der Waals surface area contributed by atoms with Crippen LogP contribution in [0.3, 0.4) is 0 Å². The minimum atomic E-state index is -0.275. The van der Waals surface area contributed by atoms with Gasteiger partial charge < -0.3 is 10.3 Å². The molecule has 6 aromatic rings. The molecule has 38 heavy (non-hydrogen) atoms. The number of aromatic nitrogens is 5. The van der Waals surface area contributed by atoms with Crippen LogP contribution in [0, 0.1) is 11.7 Å². The van der Waals surface area contributed by atoms with E-state index < -0.39 is 0 Å². The van der Waals surface area contributed by atoms with Crippen LogP contribution in [-0.4, -0.2) is 31.1 Å². The molecule has 2 aromatic carbocycles. The number of anilines is 1. The van der Waals surface area contributed by atoms with Crippen molar-refractivity contribution in [2.45, 2.75) is 20.3 Å². The second kappa shape index (κ2) is 9.55. The third-order valence-electron chi connectivity index (χ3n) is 6.37. The lowest BCUT2D eigenvalue weighted by Crippen LogP contribution is -2.13. The Morgan fingerprint density at radius 2 is 1.84 bits per heavy atom. The van der Waals surface area contributed by atoms with Gasteiger partial charge in [0.15, 0.2) is 0 Å². The standard InChI is InChI=1S/C30H25FN6O/c1-17(2)11-28(38)33-21-13-19(15-32-16-21)24-9-10-26-29(35-24)30(37-36-26)27-14-23-22(7-4-8-25(23)34-27)18-5-3-6-20(31)12-18/h3-10,12-17,34H,11H2,1-2H3,(H,33,38)(H,36,37). The van der Waals surface area contributed by atoms with Crippen molar-refractivity contribution >= 4 is 33.5 Å². The van der Waals surface area contributed by atoms with Gasteiger partial charge in [0.05, 0.1) is 28.8 Å². The zero-order valence-electron chi connectivity index (χ0n) is 20.9. The van der Waals surface area contributed by atoms with E-state index >= 15 is 0 Å². The first kappa shape index (κ1) is 23.5. The molecule has 7 nitrogen and oxygen atoms in total. The zero-order chi connectivity index (χ0) is 26.2. The van der Waals surface area contributed by atoms with Crippen LogP contribution in [0.1, 0.15) is 20.3 Å². The van der Waals surface area contributed by atoms with Gasteiger partial charge in [-0.2, -0.15) is 5.10 Å². The van der Waals surface area contributed by atoms with Crippen LogP contribution in [0.5, 0.6) is 0 Å². The fourth-order valence-electron chi connectivity index (χ4n) is 4.67. The van der Waals surface area contributed by atoms with Crippen molar-refractivity contribution in [2.75, 3.05) is 5.32 Å². The van der Waals surface area contributed by atoms with Crippen LogP contribution >= 0.6 is 0 Å². The lowest BCUT2D eigenvalue weighted by Gasteiger charge is -2.08. The molecule has 188 valence electrons. The number of H-pyrrole nitrogens is 2. The second-order valence-electron chi connectivity index (χ2n) is 9.73. The Morgan fingerprint density at radius 3 is 2.68 bits per heavy atom. The third-order valence-corrected chi connectivity index (χ3v) is 6.37. The van der Waals surface area contributed by atoms with Crippen LogP contribution in [0.4, 0.5) is 10.1 Å². The summed E-state index contributed by atoms with van der Waals surface area (Å²) in [6.07, 6.45) is 3.79. The van der Waals surface area contributed by atoms with Gasteiger partial charge in [-0.1, -0.05) is 38.1 Å². The van der Waals surface area contributed by atoms with E-state index in [1.807, 2.05) is 62.4 Å². The molecular formula is C30H25FN6O. The van der Waals surface area contributed by atoms with Crippen molar-refractivity contribution in [3.63, 3.8) is 0 Å². The van der Waals surface area contributed by atoms with E-state index in [1.54, 1.807) is 18.5 Å². The number of hydrogen-bond acceptors (Lipinski definition) is 4. The first-order valence-electron chi connectivity index (χ1n) is 12.4. The summed E-state index contributed by atoms with van der Waals surface area (Å²) in [5.74, 6) is -0.0523. The number of carbonyl (C=O) groups is 1. The molecule has 0 saturated carbocycles. The molecule has 0 aliphatic carbocycles. The number of pyridine rings is 2. The minimum Gasteiger partial charge on any atom is -0.353 e. The summed E-state index contributed by atoms with van der Waals surface area (Å²) < 4.78 is 13.9. The number of nitrogens with one attached hydrogen (secondary N) is 3. The molecular weight excluding hydrogens is 479 g/mol. The summed E-state index contributed by atoms with van der Waals surface area (Å²) in [6, 6.07) is 20.2. The summed E-state index contributed by atoms with van der Waals surface area (Å²) in [5, 5.41) is 11.5. The molecule has 3 N–H and O–H groups in total. The number of benzene rings is 2. The summed E-state index contributed by atoms with van der Waals surface area (Å²) >= 11 is 0. The average molecular weight is 505 g/mol. The van der Waals surface area contributed by atoms with E-state index in [0.29, 0.717) is 29.0 Å². The first-order valence-corrected chi connectivity index (χ1v) is 12.4. The summed E-state index contributed by atoms with van der Waals surface area (Å²) in [7, 11) is 0. The molecule has 0 unspecified atom stereocenters. The highest BCUT2D eigenvalue weighted by Crippen LogP contribution is 2.34. The molecule has 4 aromatic heterocycles. The van der Waals surface area contributed by atoms with Gasteiger partial charge in [0.2, 0.25) is 5.91 Å². The van der Waals surface area contributed by atoms with Crippen molar-refractivity contribution in [1.82, 2.24) is 25.1 Å². The Kier molecular flexibility index (Phi) is 5.92. The van der Waals surface area contributed by atoms with Crippen molar-refractivity contribution in [3.05, 3.63) is 84.9 Å². The van der Waals surface area contributed by atoms with Crippen molar-refractivity contribution in [2.24, 2.45) is 5.92 Å². The lowest BCUT2D eigenvalue weighted by atomic mass is 10.0. The maximum Gasteiger partial charge on any atom is 0.224 e. The fourth-order valence-corrected chi connectivity index (χ4v) is 4.67. The smallest absolute Gasteiger partial charge is 0.224 e. The predicted molar refractivity (Wildman–Crippen MR) is 148 cm³/mol. The maximum atomic E-state index is 13.9. The van der Waals surface area contributed by atoms with E-state index in [0.717, 1.165) is 38.8 Å². The van der Waals surface area contributed by atoms with E-state index in [2.05, 4.69) is 25.5 Å². The Bertz CT molecular complexity index is 1800. The fraction of sp³-hybridized carbons (Fsp3) is 0.133. The molecule has 0 spiro atoms. The van der Waals surface area contributed by atoms with Gasteiger partial charge in [0.1, 0.15) is 17.0 Å². The number of amides is 1. The van der Waals surface area contributed by atoms with Crippen molar-refractivity contribution in [3.8, 4) is 33.8 Å².